The fraction of sp³-hybridized carbons (Fsp3) is 0.533. The van der Waals surface area contributed by atoms with E-state index < -0.39 is 0 Å². The van der Waals surface area contributed by atoms with Crippen molar-refractivity contribution in [3.8, 4) is 5.75 Å². The summed E-state index contributed by atoms with van der Waals surface area (Å²) in [5, 5.41) is 12.2. The van der Waals surface area contributed by atoms with Crippen molar-refractivity contribution in [3.63, 3.8) is 0 Å². The third-order valence-corrected chi connectivity index (χ3v) is 2.70. The van der Waals surface area contributed by atoms with Crippen LogP contribution in [0.25, 0.3) is 0 Å². The van der Waals surface area contributed by atoms with E-state index in [1.54, 1.807) is 18.2 Å². The molecule has 0 fully saturated rings. The zero-order valence-electron chi connectivity index (χ0n) is 11.8. The van der Waals surface area contributed by atoms with E-state index in [1.807, 2.05) is 26.8 Å². The Morgan fingerprint density at radius 1 is 1.42 bits per heavy atom. The van der Waals surface area contributed by atoms with Gasteiger partial charge in [-0.2, -0.15) is 0 Å². The maximum Gasteiger partial charge on any atom is 0.251 e. The van der Waals surface area contributed by atoms with Gasteiger partial charge in [-0.15, -0.1) is 0 Å². The molecule has 4 nitrogen and oxygen atoms in total. The highest BCUT2D eigenvalue weighted by Gasteiger charge is 2.08. The molecule has 0 saturated carbocycles. The molecule has 0 radical (unpaired) electrons. The summed E-state index contributed by atoms with van der Waals surface area (Å²) in [5.41, 5.74) is 0.573. The molecule has 106 valence electrons. The SMILES string of the molecule is CCC(O)CCNC(=O)c1cccc(OC(C)C)c1. The van der Waals surface area contributed by atoms with Crippen molar-refractivity contribution in [1.82, 2.24) is 5.32 Å². The summed E-state index contributed by atoms with van der Waals surface area (Å²) in [7, 11) is 0. The van der Waals surface area contributed by atoms with Gasteiger partial charge in [-0.1, -0.05) is 13.0 Å². The van der Waals surface area contributed by atoms with E-state index in [1.165, 1.54) is 0 Å². The number of hydrogen-bond donors (Lipinski definition) is 2. The standard InChI is InChI=1S/C15H23NO3/c1-4-13(17)8-9-16-15(18)12-6-5-7-14(10-12)19-11(2)3/h5-7,10-11,13,17H,4,8-9H2,1-3H3,(H,16,18). The fourth-order valence-corrected chi connectivity index (χ4v) is 1.64. The molecule has 1 rings (SSSR count). The second kappa shape index (κ2) is 7.79. The van der Waals surface area contributed by atoms with E-state index in [9.17, 15) is 9.90 Å². The molecule has 0 spiro atoms. The number of benzene rings is 1. The van der Waals surface area contributed by atoms with Crippen molar-refractivity contribution in [2.75, 3.05) is 6.54 Å². The van der Waals surface area contributed by atoms with Gasteiger partial charge in [0.1, 0.15) is 5.75 Å². The van der Waals surface area contributed by atoms with Gasteiger partial charge in [-0.25, -0.2) is 0 Å². The van der Waals surface area contributed by atoms with Crippen LogP contribution in [0.2, 0.25) is 0 Å². The Kier molecular flexibility index (Phi) is 6.36. The van der Waals surface area contributed by atoms with Crippen LogP contribution in [0.3, 0.4) is 0 Å². The van der Waals surface area contributed by atoms with Gasteiger partial charge in [0.15, 0.2) is 0 Å². The molecule has 0 aliphatic rings. The molecule has 0 heterocycles. The Morgan fingerprint density at radius 3 is 2.79 bits per heavy atom. The lowest BCUT2D eigenvalue weighted by Gasteiger charge is -2.11. The molecule has 1 unspecified atom stereocenters. The largest absolute Gasteiger partial charge is 0.491 e. The molecule has 0 aromatic heterocycles. The molecule has 1 aromatic carbocycles. The second-order valence-corrected chi connectivity index (χ2v) is 4.80. The van der Waals surface area contributed by atoms with Crippen molar-refractivity contribution in [1.29, 1.82) is 0 Å². The number of ether oxygens (including phenoxy) is 1. The van der Waals surface area contributed by atoms with E-state index in [-0.39, 0.29) is 18.1 Å². The minimum Gasteiger partial charge on any atom is -0.491 e. The molecule has 1 amide bonds. The molecule has 0 aliphatic carbocycles. The second-order valence-electron chi connectivity index (χ2n) is 4.80. The molecule has 1 aromatic rings. The maximum atomic E-state index is 11.9. The average molecular weight is 265 g/mol. The third-order valence-electron chi connectivity index (χ3n) is 2.70. The predicted molar refractivity (Wildman–Crippen MR) is 75.5 cm³/mol. The lowest BCUT2D eigenvalue weighted by molar-refractivity contribution is 0.0941. The van der Waals surface area contributed by atoms with Crippen molar-refractivity contribution in [2.24, 2.45) is 0 Å². The number of rotatable bonds is 7. The van der Waals surface area contributed by atoms with E-state index in [0.717, 1.165) is 0 Å². The van der Waals surface area contributed by atoms with E-state index >= 15 is 0 Å². The Balaban J connectivity index is 2.52. The van der Waals surface area contributed by atoms with Crippen LogP contribution in [0.1, 0.15) is 44.0 Å². The van der Waals surface area contributed by atoms with Gasteiger partial charge in [-0.05, 0) is 44.9 Å². The van der Waals surface area contributed by atoms with E-state index in [4.69, 9.17) is 4.74 Å². The molecule has 2 N–H and O–H groups in total. The van der Waals surface area contributed by atoms with Gasteiger partial charge < -0.3 is 15.2 Å². The number of amides is 1. The van der Waals surface area contributed by atoms with Crippen LogP contribution in [0.15, 0.2) is 24.3 Å². The summed E-state index contributed by atoms with van der Waals surface area (Å²) < 4.78 is 5.55. The van der Waals surface area contributed by atoms with E-state index in [2.05, 4.69) is 5.32 Å². The molecule has 0 aliphatic heterocycles. The Hall–Kier alpha value is -1.55. The van der Waals surface area contributed by atoms with Gasteiger partial charge in [-0.3, -0.25) is 4.79 Å². The molecular weight excluding hydrogens is 242 g/mol. The van der Waals surface area contributed by atoms with Crippen molar-refractivity contribution in [2.45, 2.75) is 45.8 Å². The monoisotopic (exact) mass is 265 g/mol. The minimum atomic E-state index is -0.351. The predicted octanol–water partition coefficient (Wildman–Crippen LogP) is 2.36. The van der Waals surface area contributed by atoms with Crippen LogP contribution < -0.4 is 10.1 Å². The average Bonchev–Trinajstić information content (AvgIpc) is 2.37. The van der Waals surface area contributed by atoms with E-state index in [0.29, 0.717) is 30.7 Å². The van der Waals surface area contributed by atoms with Crippen LogP contribution >= 0.6 is 0 Å². The number of carbonyl (C=O) groups is 1. The Morgan fingerprint density at radius 2 is 2.16 bits per heavy atom. The van der Waals surface area contributed by atoms with Crippen LogP contribution in [0, 0.1) is 0 Å². The quantitative estimate of drug-likeness (QED) is 0.795. The smallest absolute Gasteiger partial charge is 0.251 e. The molecule has 0 bridgehead atoms. The van der Waals surface area contributed by atoms with Crippen molar-refractivity contribution >= 4 is 5.91 Å². The number of aliphatic hydroxyl groups is 1. The zero-order chi connectivity index (χ0) is 14.3. The first-order valence-electron chi connectivity index (χ1n) is 6.76. The number of aliphatic hydroxyl groups excluding tert-OH is 1. The van der Waals surface area contributed by atoms with Gasteiger partial charge in [0, 0.05) is 12.1 Å². The van der Waals surface area contributed by atoms with Gasteiger partial charge in [0.25, 0.3) is 5.91 Å². The van der Waals surface area contributed by atoms with Crippen molar-refractivity contribution in [3.05, 3.63) is 29.8 Å². The summed E-state index contributed by atoms with van der Waals surface area (Å²) in [5.74, 6) is 0.550. The number of carbonyl (C=O) groups excluding carboxylic acids is 1. The number of nitrogens with one attached hydrogen (secondary N) is 1. The third kappa shape index (κ3) is 5.75. The van der Waals surface area contributed by atoms with Crippen LogP contribution in [-0.2, 0) is 0 Å². The highest BCUT2D eigenvalue weighted by atomic mass is 16.5. The fourth-order valence-electron chi connectivity index (χ4n) is 1.64. The summed E-state index contributed by atoms with van der Waals surface area (Å²) in [6.45, 7) is 6.28. The summed E-state index contributed by atoms with van der Waals surface area (Å²) >= 11 is 0. The maximum absolute atomic E-state index is 11.9. The first-order valence-corrected chi connectivity index (χ1v) is 6.76. The van der Waals surface area contributed by atoms with Gasteiger partial charge >= 0.3 is 0 Å². The van der Waals surface area contributed by atoms with Gasteiger partial charge in [0.05, 0.1) is 12.2 Å². The molecular formula is C15H23NO3. The molecule has 4 heteroatoms. The van der Waals surface area contributed by atoms with Crippen LogP contribution in [-0.4, -0.2) is 29.8 Å². The molecule has 19 heavy (non-hydrogen) atoms. The lowest BCUT2D eigenvalue weighted by Crippen LogP contribution is -2.27. The normalized spacial score (nSPS) is 12.3. The van der Waals surface area contributed by atoms with Crippen LogP contribution in [0.4, 0.5) is 0 Å². The first-order chi connectivity index (χ1) is 9.02. The highest BCUT2D eigenvalue weighted by molar-refractivity contribution is 5.94. The zero-order valence-corrected chi connectivity index (χ0v) is 11.8. The van der Waals surface area contributed by atoms with Crippen molar-refractivity contribution < 1.29 is 14.6 Å². The topological polar surface area (TPSA) is 58.6 Å². The molecule has 1 atom stereocenters. The highest BCUT2D eigenvalue weighted by Crippen LogP contribution is 2.14. The first kappa shape index (κ1) is 15.5. The van der Waals surface area contributed by atoms with Gasteiger partial charge in [0.2, 0.25) is 0 Å². The summed E-state index contributed by atoms with van der Waals surface area (Å²) in [6.07, 6.45) is 1.01. The lowest BCUT2D eigenvalue weighted by atomic mass is 10.2. The molecule has 0 saturated heterocycles. The summed E-state index contributed by atoms with van der Waals surface area (Å²) in [4.78, 5) is 11.9. The Bertz CT molecular complexity index is 404. The summed E-state index contributed by atoms with van der Waals surface area (Å²) in [6, 6.07) is 7.11. The van der Waals surface area contributed by atoms with Crippen LogP contribution in [0.5, 0.6) is 5.75 Å². The Labute approximate surface area is 114 Å². The number of hydrogen-bond acceptors (Lipinski definition) is 3. The minimum absolute atomic E-state index is 0.0815.